The summed E-state index contributed by atoms with van der Waals surface area (Å²) >= 11 is 0. The molecule has 0 aliphatic carbocycles. The fourth-order valence-corrected chi connectivity index (χ4v) is 4.66. The van der Waals surface area contributed by atoms with Crippen molar-refractivity contribution in [2.75, 3.05) is 11.4 Å². The maximum absolute atomic E-state index is 12.5. The summed E-state index contributed by atoms with van der Waals surface area (Å²) in [5.74, 6) is 0.664. The second kappa shape index (κ2) is 9.04. The SMILES string of the molecule is CCNC(=O)Cc1ccc(Cc2nc(N3[C@H](C)CCC[C@@H]3C)nc3c2C(=O)NC3)cc1. The molecule has 2 aliphatic rings. The number of nitrogens with zero attached hydrogens (tertiary/aromatic N) is 3. The average Bonchev–Trinajstić information content (AvgIpc) is 3.11. The summed E-state index contributed by atoms with van der Waals surface area (Å²) in [5, 5.41) is 5.72. The predicted octanol–water partition coefficient (Wildman–Crippen LogP) is 2.76. The lowest BCUT2D eigenvalue weighted by atomic mass is 9.98. The lowest BCUT2D eigenvalue weighted by Crippen LogP contribution is -2.45. The molecule has 4 rings (SSSR count). The zero-order valence-corrected chi connectivity index (χ0v) is 18.6. The van der Waals surface area contributed by atoms with Crippen molar-refractivity contribution in [2.45, 2.75) is 71.5 Å². The van der Waals surface area contributed by atoms with Gasteiger partial charge in [0.1, 0.15) is 0 Å². The van der Waals surface area contributed by atoms with Crippen molar-refractivity contribution in [3.63, 3.8) is 0 Å². The van der Waals surface area contributed by atoms with E-state index in [2.05, 4.69) is 29.4 Å². The standard InChI is InChI=1S/C24H31N5O2/c1-4-25-21(30)13-18-10-8-17(9-11-18)12-19-22-20(14-26-23(22)31)28-24(27-19)29-15(2)6-5-7-16(29)3/h8-11,15-16H,4-7,12-14H2,1-3H3,(H,25,30)(H,26,31)/t15-,16+. The molecule has 0 spiro atoms. The van der Waals surface area contributed by atoms with Gasteiger partial charge < -0.3 is 15.5 Å². The Morgan fingerprint density at radius 3 is 2.48 bits per heavy atom. The number of piperidine rings is 1. The summed E-state index contributed by atoms with van der Waals surface area (Å²) in [5.41, 5.74) is 4.22. The molecule has 1 saturated heterocycles. The lowest BCUT2D eigenvalue weighted by Gasteiger charge is -2.39. The Morgan fingerprint density at radius 1 is 1.13 bits per heavy atom. The minimum absolute atomic E-state index is 0.0231. The van der Waals surface area contributed by atoms with Crippen molar-refractivity contribution in [3.05, 3.63) is 52.3 Å². The van der Waals surface area contributed by atoms with Gasteiger partial charge in [-0.15, -0.1) is 0 Å². The highest BCUT2D eigenvalue weighted by molar-refractivity contribution is 5.99. The van der Waals surface area contributed by atoms with E-state index in [1.54, 1.807) is 0 Å². The first-order chi connectivity index (χ1) is 15.0. The van der Waals surface area contributed by atoms with Crippen LogP contribution in [0.2, 0.25) is 0 Å². The smallest absolute Gasteiger partial charge is 0.255 e. The maximum atomic E-state index is 12.5. The lowest BCUT2D eigenvalue weighted by molar-refractivity contribution is -0.120. The molecule has 1 aromatic heterocycles. The van der Waals surface area contributed by atoms with Crippen LogP contribution in [0.1, 0.15) is 72.9 Å². The van der Waals surface area contributed by atoms with Gasteiger partial charge in [0.15, 0.2) is 0 Å². The zero-order chi connectivity index (χ0) is 22.0. The van der Waals surface area contributed by atoms with Crippen LogP contribution in [0.4, 0.5) is 5.95 Å². The normalized spacial score (nSPS) is 20.4. The molecule has 7 heteroatoms. The molecule has 0 bridgehead atoms. The Morgan fingerprint density at radius 2 is 1.81 bits per heavy atom. The van der Waals surface area contributed by atoms with Crippen LogP contribution in [0.15, 0.2) is 24.3 Å². The number of benzene rings is 1. The number of likely N-dealkylation sites (N-methyl/N-ethyl adjacent to an activating group) is 1. The third-order valence-electron chi connectivity index (χ3n) is 6.25. The van der Waals surface area contributed by atoms with Crippen LogP contribution < -0.4 is 15.5 Å². The monoisotopic (exact) mass is 421 g/mol. The maximum Gasteiger partial charge on any atom is 0.255 e. The molecule has 164 valence electrons. The van der Waals surface area contributed by atoms with Crippen LogP contribution in [0, 0.1) is 0 Å². The van der Waals surface area contributed by atoms with E-state index in [1.165, 1.54) is 6.42 Å². The fourth-order valence-electron chi connectivity index (χ4n) is 4.66. The summed E-state index contributed by atoms with van der Waals surface area (Å²) in [6, 6.07) is 8.74. The van der Waals surface area contributed by atoms with Crippen molar-refractivity contribution in [3.8, 4) is 0 Å². The molecule has 7 nitrogen and oxygen atoms in total. The minimum Gasteiger partial charge on any atom is -0.356 e. The first-order valence-corrected chi connectivity index (χ1v) is 11.3. The second-order valence-corrected chi connectivity index (χ2v) is 8.63. The van der Waals surface area contributed by atoms with Crippen LogP contribution in [0.25, 0.3) is 0 Å². The number of hydrogen-bond donors (Lipinski definition) is 2. The Labute approximate surface area is 183 Å². The second-order valence-electron chi connectivity index (χ2n) is 8.63. The number of fused-ring (bicyclic) bond motifs is 1. The number of carbonyl (C=O) groups excluding carboxylic acids is 2. The molecule has 2 aliphatic heterocycles. The van der Waals surface area contributed by atoms with Gasteiger partial charge in [-0.05, 0) is 51.2 Å². The van der Waals surface area contributed by atoms with Gasteiger partial charge in [0.25, 0.3) is 5.91 Å². The van der Waals surface area contributed by atoms with E-state index in [-0.39, 0.29) is 11.8 Å². The topological polar surface area (TPSA) is 87.2 Å². The highest BCUT2D eigenvalue weighted by Crippen LogP contribution is 2.29. The van der Waals surface area contributed by atoms with E-state index < -0.39 is 0 Å². The van der Waals surface area contributed by atoms with Gasteiger partial charge >= 0.3 is 0 Å². The molecule has 2 amide bonds. The van der Waals surface area contributed by atoms with Gasteiger partial charge in [0.2, 0.25) is 11.9 Å². The summed E-state index contributed by atoms with van der Waals surface area (Å²) in [7, 11) is 0. The van der Waals surface area contributed by atoms with Crippen molar-refractivity contribution < 1.29 is 9.59 Å². The van der Waals surface area contributed by atoms with Crippen LogP contribution in [0.5, 0.6) is 0 Å². The van der Waals surface area contributed by atoms with Crippen LogP contribution in [-0.2, 0) is 24.2 Å². The summed E-state index contributed by atoms with van der Waals surface area (Å²) in [6.45, 7) is 7.45. The van der Waals surface area contributed by atoms with Crippen molar-refractivity contribution in [1.82, 2.24) is 20.6 Å². The van der Waals surface area contributed by atoms with E-state index in [9.17, 15) is 9.59 Å². The number of carbonyl (C=O) groups is 2. The molecule has 1 aromatic carbocycles. The molecule has 3 heterocycles. The highest BCUT2D eigenvalue weighted by Gasteiger charge is 2.31. The molecular weight excluding hydrogens is 390 g/mol. The largest absolute Gasteiger partial charge is 0.356 e. The highest BCUT2D eigenvalue weighted by atomic mass is 16.2. The van der Waals surface area contributed by atoms with Crippen molar-refractivity contribution >= 4 is 17.8 Å². The number of nitrogens with one attached hydrogen (secondary N) is 2. The summed E-state index contributed by atoms with van der Waals surface area (Å²) in [6.07, 6.45) is 4.41. The number of rotatable bonds is 6. The van der Waals surface area contributed by atoms with Crippen molar-refractivity contribution in [1.29, 1.82) is 0 Å². The van der Waals surface area contributed by atoms with Crippen molar-refractivity contribution in [2.24, 2.45) is 0 Å². The van der Waals surface area contributed by atoms with E-state index in [0.717, 1.165) is 41.3 Å². The molecule has 2 aromatic rings. The summed E-state index contributed by atoms with van der Waals surface area (Å²) in [4.78, 5) is 36.3. The molecule has 0 saturated carbocycles. The first-order valence-electron chi connectivity index (χ1n) is 11.3. The van der Waals surface area contributed by atoms with Gasteiger partial charge in [0, 0.05) is 25.0 Å². The van der Waals surface area contributed by atoms with Gasteiger partial charge in [-0.2, -0.15) is 0 Å². The van der Waals surface area contributed by atoms with E-state index in [4.69, 9.17) is 9.97 Å². The number of aromatic nitrogens is 2. The molecule has 0 radical (unpaired) electrons. The predicted molar refractivity (Wildman–Crippen MR) is 120 cm³/mol. The van der Waals surface area contributed by atoms with Gasteiger partial charge in [0.05, 0.1) is 29.9 Å². The number of hydrogen-bond acceptors (Lipinski definition) is 5. The molecule has 1 fully saturated rings. The Balaban J connectivity index is 1.61. The molecule has 0 unspecified atom stereocenters. The third-order valence-corrected chi connectivity index (χ3v) is 6.25. The average molecular weight is 422 g/mol. The molecule has 31 heavy (non-hydrogen) atoms. The van der Waals surface area contributed by atoms with E-state index in [1.807, 2.05) is 31.2 Å². The molecular formula is C24H31N5O2. The Bertz CT molecular complexity index is 963. The van der Waals surface area contributed by atoms with Crippen LogP contribution in [0.3, 0.4) is 0 Å². The molecule has 2 N–H and O–H groups in total. The quantitative estimate of drug-likeness (QED) is 0.749. The fraction of sp³-hybridized carbons (Fsp3) is 0.500. The Kier molecular flexibility index (Phi) is 6.20. The van der Waals surface area contributed by atoms with Gasteiger partial charge in [-0.3, -0.25) is 9.59 Å². The van der Waals surface area contributed by atoms with Crippen LogP contribution >= 0.6 is 0 Å². The van der Waals surface area contributed by atoms with E-state index >= 15 is 0 Å². The summed E-state index contributed by atoms with van der Waals surface area (Å²) < 4.78 is 0. The number of anilines is 1. The third kappa shape index (κ3) is 4.55. The van der Waals surface area contributed by atoms with E-state index in [0.29, 0.717) is 43.6 Å². The van der Waals surface area contributed by atoms with Gasteiger partial charge in [-0.1, -0.05) is 24.3 Å². The minimum atomic E-state index is -0.0934. The van der Waals surface area contributed by atoms with Gasteiger partial charge in [-0.25, -0.2) is 9.97 Å². The number of amides is 2. The Hall–Kier alpha value is -2.96. The zero-order valence-electron chi connectivity index (χ0n) is 18.6. The first kappa shape index (κ1) is 21.3. The molecule has 2 atom stereocenters. The van der Waals surface area contributed by atoms with Crippen LogP contribution in [-0.4, -0.2) is 40.4 Å².